The maximum Gasteiger partial charge on any atom is 0.0612 e. The van der Waals surface area contributed by atoms with Gasteiger partial charge in [-0.25, -0.2) is 6.42 Å². The summed E-state index contributed by atoms with van der Waals surface area (Å²) in [6.45, 7) is 6.99. The molecule has 0 spiro atoms. The van der Waals surface area contributed by atoms with Gasteiger partial charge in [0.15, 0.2) is 0 Å². The molecule has 3 aromatic carbocycles. The molecule has 0 aliphatic carbocycles. The molecule has 0 heterocycles. The van der Waals surface area contributed by atoms with E-state index in [0.29, 0.717) is 0 Å². The second-order valence-electron chi connectivity index (χ2n) is 6.26. The van der Waals surface area contributed by atoms with E-state index in [1.807, 2.05) is 36.4 Å². The van der Waals surface area contributed by atoms with Crippen molar-refractivity contribution in [3.05, 3.63) is 78.4 Å². The van der Waals surface area contributed by atoms with E-state index in [0.717, 1.165) is 5.56 Å². The standard InChI is InChI=1S/C16H17Si.C5H5.Fe/c1-5-14-15(13-9-7-6-8-10-13)11-12-16(14)17(2,3)4;1-2-4-5-3-1;/h1,6-12H,2-4H3;1-5H;/q-1;-5;. The molecule has 0 radical (unpaired) electrons. The molecule has 0 bridgehead atoms. The van der Waals surface area contributed by atoms with Gasteiger partial charge in [0.1, 0.15) is 0 Å². The van der Waals surface area contributed by atoms with Crippen LogP contribution in [0.1, 0.15) is 5.56 Å². The fourth-order valence-corrected chi connectivity index (χ4v) is 3.98. The molecule has 0 aliphatic heterocycles. The van der Waals surface area contributed by atoms with Crippen molar-refractivity contribution in [1.82, 2.24) is 0 Å². The third-order valence-electron chi connectivity index (χ3n) is 3.55. The topological polar surface area (TPSA) is 0 Å². The minimum absolute atomic E-state index is 0. The maximum absolute atomic E-state index is 5.70. The van der Waals surface area contributed by atoms with Crippen molar-refractivity contribution < 1.29 is 17.1 Å². The van der Waals surface area contributed by atoms with Crippen LogP contribution in [0.5, 0.6) is 0 Å². The van der Waals surface area contributed by atoms with E-state index in [-0.39, 0.29) is 17.1 Å². The van der Waals surface area contributed by atoms with E-state index < -0.39 is 8.07 Å². The van der Waals surface area contributed by atoms with Crippen LogP contribution >= 0.6 is 0 Å². The van der Waals surface area contributed by atoms with Crippen LogP contribution in [0.25, 0.3) is 11.1 Å². The SMILES string of the molecule is C#C[c-]1c(-c2ccccc2)ccc1[Si](C)(C)C.[Fe].[cH-]1[cH-][cH-][cH-][cH-]1. The molecule has 0 N–H and O–H groups in total. The van der Waals surface area contributed by atoms with Gasteiger partial charge in [0.2, 0.25) is 0 Å². The molecule has 0 atom stereocenters. The normalized spacial score (nSPS) is 10.0. The molecule has 23 heavy (non-hydrogen) atoms. The van der Waals surface area contributed by atoms with Crippen LogP contribution in [-0.2, 0) is 17.1 Å². The zero-order chi connectivity index (χ0) is 16.0. The van der Waals surface area contributed by atoms with Crippen molar-refractivity contribution in [3.8, 4) is 23.5 Å². The first-order valence-corrected chi connectivity index (χ1v) is 11.0. The summed E-state index contributed by atoms with van der Waals surface area (Å²) in [6.07, 6.45) is 5.70. The first-order valence-electron chi connectivity index (χ1n) is 7.53. The molecule has 0 aromatic heterocycles. The summed E-state index contributed by atoms with van der Waals surface area (Å²) < 4.78 is 0. The Morgan fingerprint density at radius 2 is 1.39 bits per heavy atom. The first kappa shape index (κ1) is 19.3. The van der Waals surface area contributed by atoms with Crippen molar-refractivity contribution in [2.45, 2.75) is 19.6 Å². The van der Waals surface area contributed by atoms with Crippen molar-refractivity contribution in [3.63, 3.8) is 0 Å². The predicted octanol–water partition coefficient (Wildman–Crippen LogP) is 5.00. The van der Waals surface area contributed by atoms with E-state index in [2.05, 4.69) is 62.0 Å². The molecule has 3 aromatic rings. The summed E-state index contributed by atoms with van der Waals surface area (Å²) >= 11 is 0. The van der Waals surface area contributed by atoms with E-state index >= 15 is 0 Å². The third-order valence-corrected chi connectivity index (χ3v) is 5.58. The largest absolute Gasteiger partial charge is 0.748 e. The Labute approximate surface area is 151 Å². The summed E-state index contributed by atoms with van der Waals surface area (Å²) in [4.78, 5) is 0. The monoisotopic (exact) mass is 358 g/mol. The molecule has 2 heteroatoms. The zero-order valence-corrected chi connectivity index (χ0v) is 16.0. The summed E-state index contributed by atoms with van der Waals surface area (Å²) in [7, 11) is -1.35. The van der Waals surface area contributed by atoms with Gasteiger partial charge in [0.05, 0.1) is 8.07 Å². The van der Waals surface area contributed by atoms with E-state index in [4.69, 9.17) is 6.42 Å². The van der Waals surface area contributed by atoms with Crippen molar-refractivity contribution in [1.29, 1.82) is 0 Å². The summed E-state index contributed by atoms with van der Waals surface area (Å²) in [6, 6.07) is 24.7. The molecule has 3 rings (SSSR count). The minimum Gasteiger partial charge on any atom is -0.748 e. The second kappa shape index (κ2) is 8.75. The number of benzene rings is 1. The van der Waals surface area contributed by atoms with Gasteiger partial charge in [-0.05, 0) is 0 Å². The maximum atomic E-state index is 5.70. The predicted molar refractivity (Wildman–Crippen MR) is 100 cm³/mol. The molecule has 124 valence electrons. The fraction of sp³-hybridized carbons (Fsp3) is 0.143. The Morgan fingerprint density at radius 3 is 1.83 bits per heavy atom. The van der Waals surface area contributed by atoms with Crippen LogP contribution in [0.2, 0.25) is 19.6 Å². The second-order valence-corrected chi connectivity index (χ2v) is 11.3. The number of hydrogen-bond acceptors (Lipinski definition) is 0. The van der Waals surface area contributed by atoms with Gasteiger partial charge in [-0.2, -0.15) is 18.1 Å². The van der Waals surface area contributed by atoms with Crippen LogP contribution < -0.4 is 5.19 Å². The van der Waals surface area contributed by atoms with E-state index in [9.17, 15) is 0 Å². The van der Waals surface area contributed by atoms with Crippen LogP contribution in [0.4, 0.5) is 0 Å². The summed E-state index contributed by atoms with van der Waals surface area (Å²) in [5, 5.41) is 1.39. The Morgan fingerprint density at radius 1 is 0.870 bits per heavy atom. The van der Waals surface area contributed by atoms with E-state index in [1.165, 1.54) is 16.3 Å². The van der Waals surface area contributed by atoms with E-state index in [1.54, 1.807) is 0 Å². The van der Waals surface area contributed by atoms with Crippen LogP contribution in [0, 0.1) is 12.3 Å². The molecule has 0 nitrogen and oxygen atoms in total. The Balaban J connectivity index is 0.000000377. The average Bonchev–Trinajstić information content (AvgIpc) is 3.19. The molecule has 0 aliphatic rings. The first-order chi connectivity index (χ1) is 10.5. The molecule has 0 fully saturated rings. The van der Waals surface area contributed by atoms with Gasteiger partial charge in [-0.15, -0.1) is 10.8 Å². The number of rotatable bonds is 2. The van der Waals surface area contributed by atoms with Gasteiger partial charge >= 0.3 is 0 Å². The summed E-state index contributed by atoms with van der Waals surface area (Å²) in [5.41, 5.74) is 3.51. The Hall–Kier alpha value is -1.78. The molecule has 0 saturated carbocycles. The zero-order valence-electron chi connectivity index (χ0n) is 13.9. The van der Waals surface area contributed by atoms with Crippen molar-refractivity contribution in [2.24, 2.45) is 0 Å². The smallest absolute Gasteiger partial charge is 0.0612 e. The quantitative estimate of drug-likeness (QED) is 0.343. The number of hydrogen-bond donors (Lipinski definition) is 0. The van der Waals surface area contributed by atoms with Crippen molar-refractivity contribution in [2.75, 3.05) is 0 Å². The van der Waals surface area contributed by atoms with Gasteiger partial charge in [0.25, 0.3) is 0 Å². The molecule has 0 amide bonds. The summed E-state index contributed by atoms with van der Waals surface area (Å²) in [5.74, 6) is 2.88. The van der Waals surface area contributed by atoms with Crippen LogP contribution in [-0.4, -0.2) is 8.07 Å². The average molecular weight is 358 g/mol. The van der Waals surface area contributed by atoms with Crippen LogP contribution in [0.3, 0.4) is 0 Å². The Bertz CT molecular complexity index is 705. The number of terminal acetylenes is 1. The molecular weight excluding hydrogens is 336 g/mol. The van der Waals surface area contributed by atoms with Crippen LogP contribution in [0.15, 0.2) is 72.8 Å². The van der Waals surface area contributed by atoms with Gasteiger partial charge < -0.3 is 30.3 Å². The molecule has 0 unspecified atom stereocenters. The fourth-order valence-electron chi connectivity index (χ4n) is 2.44. The minimum atomic E-state index is -1.35. The van der Waals surface area contributed by atoms with Crippen molar-refractivity contribution >= 4 is 13.3 Å². The third kappa shape index (κ3) is 5.11. The van der Waals surface area contributed by atoms with Gasteiger partial charge in [-0.1, -0.05) is 61.1 Å². The van der Waals surface area contributed by atoms with Gasteiger partial charge in [-0.3, -0.25) is 0 Å². The Kier molecular flexibility index (Phi) is 7.32. The van der Waals surface area contributed by atoms with Gasteiger partial charge in [0, 0.05) is 17.1 Å². The molecular formula is C21H22FeSi-6. The molecule has 0 saturated heterocycles.